The van der Waals surface area contributed by atoms with E-state index >= 15 is 0 Å². The summed E-state index contributed by atoms with van der Waals surface area (Å²) < 4.78 is 5.17. The van der Waals surface area contributed by atoms with E-state index in [2.05, 4.69) is 25.7 Å². The van der Waals surface area contributed by atoms with Gasteiger partial charge >= 0.3 is 6.09 Å². The number of hydrogen-bond donors (Lipinski definition) is 1. The normalized spacial score (nSPS) is 12.1. The minimum Gasteiger partial charge on any atom is -0.444 e. The Kier molecular flexibility index (Phi) is 5.56. The van der Waals surface area contributed by atoms with Crippen LogP contribution in [0, 0.1) is 5.41 Å². The highest BCUT2D eigenvalue weighted by Gasteiger charge is 2.20. The molecule has 0 heterocycles. The van der Waals surface area contributed by atoms with Crippen molar-refractivity contribution in [1.29, 1.82) is 0 Å². The quantitative estimate of drug-likeness (QED) is 0.730. The number of hydrogen-bond acceptors (Lipinski definition) is 2. The highest BCUT2D eigenvalue weighted by atomic mass is 16.6. The molecule has 0 saturated heterocycles. The van der Waals surface area contributed by atoms with Crippen molar-refractivity contribution in [2.75, 3.05) is 6.54 Å². The second-order valence-electron chi connectivity index (χ2n) is 5.85. The molecule has 94 valence electrons. The van der Waals surface area contributed by atoms with E-state index in [1.54, 1.807) is 0 Å². The van der Waals surface area contributed by atoms with Crippen LogP contribution in [0.5, 0.6) is 0 Å². The summed E-state index contributed by atoms with van der Waals surface area (Å²) in [5, 5.41) is 2.79. The van der Waals surface area contributed by atoms with Crippen LogP contribution < -0.4 is 5.32 Å². The molecule has 1 amide bonds. The van der Waals surface area contributed by atoms with Crippen LogP contribution in [0.15, 0.2) is 12.7 Å². The Bertz CT molecular complexity index is 239. The summed E-state index contributed by atoms with van der Waals surface area (Å²) in [6.07, 6.45) is 3.52. The maximum atomic E-state index is 11.4. The van der Waals surface area contributed by atoms with E-state index < -0.39 is 5.60 Å². The highest BCUT2D eigenvalue weighted by Crippen LogP contribution is 2.21. The molecule has 16 heavy (non-hydrogen) atoms. The third-order valence-electron chi connectivity index (χ3n) is 2.14. The number of nitrogens with one attached hydrogen (secondary N) is 1. The Labute approximate surface area is 99.3 Å². The molecular formula is C13H25NO2. The molecular weight excluding hydrogens is 202 g/mol. The molecule has 0 rings (SSSR count). The molecule has 0 saturated carbocycles. The standard InChI is InChI=1S/C13H25NO2/c1-7-8-9-13(5,6)10-14-11(15)16-12(2,3)4/h7H,1,8-10H2,2-6H3,(H,14,15). The molecule has 3 nitrogen and oxygen atoms in total. The molecule has 0 aromatic rings. The van der Waals surface area contributed by atoms with Crippen molar-refractivity contribution in [2.24, 2.45) is 5.41 Å². The van der Waals surface area contributed by atoms with Crippen LogP contribution in [0.1, 0.15) is 47.5 Å². The van der Waals surface area contributed by atoms with Gasteiger partial charge in [-0.25, -0.2) is 4.79 Å². The van der Waals surface area contributed by atoms with E-state index in [-0.39, 0.29) is 11.5 Å². The average molecular weight is 227 g/mol. The van der Waals surface area contributed by atoms with Crippen LogP contribution in [0.25, 0.3) is 0 Å². The summed E-state index contributed by atoms with van der Waals surface area (Å²) in [6, 6.07) is 0. The predicted molar refractivity (Wildman–Crippen MR) is 67.4 cm³/mol. The average Bonchev–Trinajstić information content (AvgIpc) is 2.09. The Hall–Kier alpha value is -0.990. The van der Waals surface area contributed by atoms with Crippen molar-refractivity contribution in [1.82, 2.24) is 5.32 Å². The lowest BCUT2D eigenvalue weighted by Gasteiger charge is -2.26. The second-order valence-corrected chi connectivity index (χ2v) is 5.85. The Morgan fingerprint density at radius 2 is 1.88 bits per heavy atom. The zero-order valence-corrected chi connectivity index (χ0v) is 11.2. The van der Waals surface area contributed by atoms with Gasteiger partial charge in [-0.2, -0.15) is 0 Å². The predicted octanol–water partition coefficient (Wildman–Crippen LogP) is 3.50. The molecule has 0 aromatic heterocycles. The molecule has 0 radical (unpaired) electrons. The first-order valence-electron chi connectivity index (χ1n) is 5.74. The number of ether oxygens (including phenoxy) is 1. The molecule has 0 aliphatic carbocycles. The molecule has 0 bridgehead atoms. The van der Waals surface area contributed by atoms with Crippen molar-refractivity contribution in [3.05, 3.63) is 12.7 Å². The second kappa shape index (κ2) is 5.92. The minimum atomic E-state index is -0.435. The minimum absolute atomic E-state index is 0.0745. The number of alkyl carbamates (subject to hydrolysis) is 1. The fourth-order valence-electron chi connectivity index (χ4n) is 1.21. The topological polar surface area (TPSA) is 38.3 Å². The van der Waals surface area contributed by atoms with Crippen LogP contribution in [-0.2, 0) is 4.74 Å². The molecule has 0 atom stereocenters. The van der Waals surface area contributed by atoms with Gasteiger partial charge in [0.05, 0.1) is 0 Å². The van der Waals surface area contributed by atoms with Gasteiger partial charge in [0.25, 0.3) is 0 Å². The highest BCUT2D eigenvalue weighted by molar-refractivity contribution is 5.67. The van der Waals surface area contributed by atoms with E-state index in [0.717, 1.165) is 12.8 Å². The van der Waals surface area contributed by atoms with Crippen molar-refractivity contribution in [2.45, 2.75) is 53.1 Å². The van der Waals surface area contributed by atoms with Gasteiger partial charge in [0.1, 0.15) is 5.60 Å². The lowest BCUT2D eigenvalue weighted by atomic mass is 9.88. The van der Waals surface area contributed by atoms with Gasteiger partial charge < -0.3 is 10.1 Å². The fourth-order valence-corrected chi connectivity index (χ4v) is 1.21. The number of rotatable bonds is 5. The van der Waals surface area contributed by atoms with Gasteiger partial charge in [0.2, 0.25) is 0 Å². The molecule has 0 aromatic carbocycles. The number of allylic oxidation sites excluding steroid dienone is 1. The first kappa shape index (κ1) is 15.0. The molecule has 3 heteroatoms. The van der Waals surface area contributed by atoms with Gasteiger partial charge in [-0.15, -0.1) is 6.58 Å². The van der Waals surface area contributed by atoms with Crippen LogP contribution in [0.4, 0.5) is 4.79 Å². The van der Waals surface area contributed by atoms with E-state index in [1.807, 2.05) is 26.8 Å². The first-order valence-corrected chi connectivity index (χ1v) is 5.74. The van der Waals surface area contributed by atoms with Crippen LogP contribution in [0.2, 0.25) is 0 Å². The fraction of sp³-hybridized carbons (Fsp3) is 0.769. The summed E-state index contributed by atoms with van der Waals surface area (Å²) in [6.45, 7) is 14.1. The summed E-state index contributed by atoms with van der Waals surface area (Å²) in [5.41, 5.74) is -0.361. The van der Waals surface area contributed by atoms with Crippen molar-refractivity contribution in [3.63, 3.8) is 0 Å². The lowest BCUT2D eigenvalue weighted by Crippen LogP contribution is -2.38. The van der Waals surface area contributed by atoms with Gasteiger partial charge in [-0.1, -0.05) is 19.9 Å². The van der Waals surface area contributed by atoms with Crippen molar-refractivity contribution in [3.8, 4) is 0 Å². The van der Waals surface area contributed by atoms with Crippen molar-refractivity contribution >= 4 is 6.09 Å². The molecule has 0 aliphatic heterocycles. The van der Waals surface area contributed by atoms with E-state index in [0.29, 0.717) is 6.54 Å². The molecule has 0 unspecified atom stereocenters. The molecule has 0 aliphatic rings. The van der Waals surface area contributed by atoms with Gasteiger partial charge in [-0.3, -0.25) is 0 Å². The van der Waals surface area contributed by atoms with Crippen LogP contribution >= 0.6 is 0 Å². The lowest BCUT2D eigenvalue weighted by molar-refractivity contribution is 0.0505. The monoisotopic (exact) mass is 227 g/mol. The van der Waals surface area contributed by atoms with Gasteiger partial charge in [0.15, 0.2) is 0 Å². The number of carbonyl (C=O) groups excluding carboxylic acids is 1. The molecule has 1 N–H and O–H groups in total. The Balaban J connectivity index is 3.95. The van der Waals surface area contributed by atoms with Crippen LogP contribution in [-0.4, -0.2) is 18.2 Å². The van der Waals surface area contributed by atoms with Gasteiger partial charge in [0, 0.05) is 6.54 Å². The maximum absolute atomic E-state index is 11.4. The van der Waals surface area contributed by atoms with E-state index in [1.165, 1.54) is 0 Å². The Morgan fingerprint density at radius 1 is 1.31 bits per heavy atom. The van der Waals surface area contributed by atoms with Crippen molar-refractivity contribution < 1.29 is 9.53 Å². The SMILES string of the molecule is C=CCCC(C)(C)CNC(=O)OC(C)(C)C. The summed E-state index contributed by atoms with van der Waals surface area (Å²) in [7, 11) is 0. The summed E-state index contributed by atoms with van der Waals surface area (Å²) in [5.74, 6) is 0. The maximum Gasteiger partial charge on any atom is 0.407 e. The van der Waals surface area contributed by atoms with Gasteiger partial charge in [-0.05, 0) is 39.0 Å². The largest absolute Gasteiger partial charge is 0.444 e. The summed E-state index contributed by atoms with van der Waals surface area (Å²) >= 11 is 0. The zero-order chi connectivity index (χ0) is 12.8. The third-order valence-corrected chi connectivity index (χ3v) is 2.14. The number of carbonyl (C=O) groups is 1. The van der Waals surface area contributed by atoms with E-state index in [4.69, 9.17) is 4.74 Å². The summed E-state index contributed by atoms with van der Waals surface area (Å²) in [4.78, 5) is 11.4. The third kappa shape index (κ3) is 8.33. The molecule has 0 spiro atoms. The van der Waals surface area contributed by atoms with E-state index in [9.17, 15) is 4.79 Å². The number of amides is 1. The molecule has 0 fully saturated rings. The smallest absolute Gasteiger partial charge is 0.407 e. The zero-order valence-electron chi connectivity index (χ0n) is 11.2. The Morgan fingerprint density at radius 3 is 2.31 bits per heavy atom. The first-order chi connectivity index (χ1) is 7.16. The van der Waals surface area contributed by atoms with Crippen LogP contribution in [0.3, 0.4) is 0 Å².